The summed E-state index contributed by atoms with van der Waals surface area (Å²) in [5.41, 5.74) is -0.323. The molecule has 4 heteroatoms. The Morgan fingerprint density at radius 3 is 2.33 bits per heavy atom. The standard InChI is InChI=1S/C14H30N2O2/c1-6-14(5,9-10-17)16-13(18)15-12(4)8-7-11(2)3/h11-12,17H,6-10H2,1-5H3,(H2,15,16,18). The van der Waals surface area contributed by atoms with Gasteiger partial charge in [-0.15, -0.1) is 0 Å². The molecule has 0 aromatic rings. The predicted octanol–water partition coefficient (Wildman–Crippen LogP) is 2.66. The first-order valence-electron chi connectivity index (χ1n) is 7.02. The first-order chi connectivity index (χ1) is 8.33. The van der Waals surface area contributed by atoms with Gasteiger partial charge in [0.1, 0.15) is 0 Å². The maximum Gasteiger partial charge on any atom is 0.315 e. The lowest BCUT2D eigenvalue weighted by Crippen LogP contribution is -2.52. The number of rotatable bonds is 8. The number of aliphatic hydroxyl groups excluding tert-OH is 1. The minimum Gasteiger partial charge on any atom is -0.396 e. The third kappa shape index (κ3) is 7.54. The molecule has 2 unspecified atom stereocenters. The van der Waals surface area contributed by atoms with Crippen LogP contribution < -0.4 is 10.6 Å². The molecule has 18 heavy (non-hydrogen) atoms. The van der Waals surface area contributed by atoms with E-state index in [9.17, 15) is 4.79 Å². The number of amides is 2. The quantitative estimate of drug-likeness (QED) is 0.627. The van der Waals surface area contributed by atoms with Crippen LogP contribution in [0.15, 0.2) is 0 Å². The summed E-state index contributed by atoms with van der Waals surface area (Å²) >= 11 is 0. The second-order valence-corrected chi connectivity index (χ2v) is 5.86. The van der Waals surface area contributed by atoms with Crippen molar-refractivity contribution in [3.8, 4) is 0 Å². The number of hydrogen-bond acceptors (Lipinski definition) is 2. The van der Waals surface area contributed by atoms with E-state index in [1.165, 1.54) is 0 Å². The summed E-state index contributed by atoms with van der Waals surface area (Å²) < 4.78 is 0. The van der Waals surface area contributed by atoms with Gasteiger partial charge in [0, 0.05) is 18.2 Å². The third-order valence-electron chi connectivity index (χ3n) is 3.41. The SMILES string of the molecule is CCC(C)(CCO)NC(=O)NC(C)CCC(C)C. The van der Waals surface area contributed by atoms with Gasteiger partial charge in [-0.3, -0.25) is 0 Å². The van der Waals surface area contributed by atoms with Gasteiger partial charge in [-0.25, -0.2) is 4.79 Å². The van der Waals surface area contributed by atoms with Gasteiger partial charge in [0.25, 0.3) is 0 Å². The Balaban J connectivity index is 4.08. The molecule has 0 aromatic heterocycles. The third-order valence-corrected chi connectivity index (χ3v) is 3.41. The first-order valence-corrected chi connectivity index (χ1v) is 7.02. The van der Waals surface area contributed by atoms with Crippen molar-refractivity contribution < 1.29 is 9.90 Å². The van der Waals surface area contributed by atoms with Crippen LogP contribution in [-0.2, 0) is 0 Å². The van der Waals surface area contributed by atoms with E-state index < -0.39 is 0 Å². The van der Waals surface area contributed by atoms with Crippen molar-refractivity contribution in [1.29, 1.82) is 0 Å². The molecule has 0 saturated carbocycles. The van der Waals surface area contributed by atoms with E-state index in [0.717, 1.165) is 19.3 Å². The molecule has 0 bridgehead atoms. The molecule has 0 heterocycles. The van der Waals surface area contributed by atoms with Crippen LogP contribution in [0.1, 0.15) is 60.3 Å². The van der Waals surface area contributed by atoms with Crippen LogP contribution in [0.2, 0.25) is 0 Å². The normalized spacial score (nSPS) is 16.2. The van der Waals surface area contributed by atoms with Crippen LogP contribution in [0.4, 0.5) is 4.79 Å². The summed E-state index contributed by atoms with van der Waals surface area (Å²) in [7, 11) is 0. The lowest BCUT2D eigenvalue weighted by molar-refractivity contribution is 0.198. The van der Waals surface area contributed by atoms with E-state index in [1.54, 1.807) is 0 Å². The van der Waals surface area contributed by atoms with E-state index in [1.807, 2.05) is 20.8 Å². The van der Waals surface area contributed by atoms with Gasteiger partial charge >= 0.3 is 6.03 Å². The minimum atomic E-state index is -0.323. The molecule has 0 radical (unpaired) electrons. The highest BCUT2D eigenvalue weighted by Crippen LogP contribution is 2.13. The summed E-state index contributed by atoms with van der Waals surface area (Å²) in [4.78, 5) is 11.8. The van der Waals surface area contributed by atoms with Gasteiger partial charge in [-0.1, -0.05) is 20.8 Å². The molecule has 108 valence electrons. The van der Waals surface area contributed by atoms with Crippen molar-refractivity contribution in [2.24, 2.45) is 5.92 Å². The maximum absolute atomic E-state index is 11.8. The highest BCUT2D eigenvalue weighted by atomic mass is 16.3. The Hall–Kier alpha value is -0.770. The molecule has 0 saturated heterocycles. The molecule has 0 fully saturated rings. The number of carbonyl (C=O) groups is 1. The van der Waals surface area contributed by atoms with Gasteiger partial charge in [-0.2, -0.15) is 0 Å². The predicted molar refractivity (Wildman–Crippen MR) is 75.6 cm³/mol. The zero-order chi connectivity index (χ0) is 14.2. The first kappa shape index (κ1) is 17.2. The molecular weight excluding hydrogens is 228 g/mol. The summed E-state index contributed by atoms with van der Waals surface area (Å²) in [6, 6.07) is 0.0479. The average molecular weight is 258 g/mol. The van der Waals surface area contributed by atoms with E-state index >= 15 is 0 Å². The Bertz CT molecular complexity index is 244. The zero-order valence-corrected chi connectivity index (χ0v) is 12.5. The van der Waals surface area contributed by atoms with E-state index in [4.69, 9.17) is 5.11 Å². The fraction of sp³-hybridized carbons (Fsp3) is 0.929. The summed E-state index contributed by atoms with van der Waals surface area (Å²) in [6.45, 7) is 10.5. The molecule has 2 amide bonds. The molecule has 4 nitrogen and oxygen atoms in total. The van der Waals surface area contributed by atoms with Crippen LogP contribution in [0.3, 0.4) is 0 Å². The lowest BCUT2D eigenvalue weighted by atomic mass is 9.95. The van der Waals surface area contributed by atoms with Gasteiger partial charge in [0.05, 0.1) is 0 Å². The number of urea groups is 1. The van der Waals surface area contributed by atoms with Crippen molar-refractivity contribution >= 4 is 6.03 Å². The van der Waals surface area contributed by atoms with Gasteiger partial charge in [0.15, 0.2) is 0 Å². The highest BCUT2D eigenvalue weighted by molar-refractivity contribution is 5.75. The van der Waals surface area contributed by atoms with Crippen molar-refractivity contribution in [1.82, 2.24) is 10.6 Å². The van der Waals surface area contributed by atoms with Crippen LogP contribution >= 0.6 is 0 Å². The molecule has 0 rings (SSSR count). The number of aliphatic hydroxyl groups is 1. The molecule has 2 atom stereocenters. The van der Waals surface area contributed by atoms with E-state index in [2.05, 4.69) is 24.5 Å². The Morgan fingerprint density at radius 2 is 1.89 bits per heavy atom. The molecular formula is C14H30N2O2. The number of carbonyl (C=O) groups excluding carboxylic acids is 1. The fourth-order valence-electron chi connectivity index (χ4n) is 1.76. The van der Waals surface area contributed by atoms with Crippen molar-refractivity contribution in [2.75, 3.05) is 6.61 Å². The molecule has 0 aromatic carbocycles. The van der Waals surface area contributed by atoms with Gasteiger partial charge < -0.3 is 15.7 Å². The summed E-state index contributed by atoms with van der Waals surface area (Å²) in [5, 5.41) is 14.9. The fourth-order valence-corrected chi connectivity index (χ4v) is 1.76. The average Bonchev–Trinajstić information content (AvgIpc) is 2.26. The Kier molecular flexibility index (Phi) is 8.00. The summed E-state index contributed by atoms with van der Waals surface area (Å²) in [5.74, 6) is 0.660. The summed E-state index contributed by atoms with van der Waals surface area (Å²) in [6.07, 6.45) is 3.50. The van der Waals surface area contributed by atoms with E-state index in [-0.39, 0.29) is 24.2 Å². The number of hydrogen-bond donors (Lipinski definition) is 3. The Labute approximate surface area is 112 Å². The van der Waals surface area contributed by atoms with Crippen molar-refractivity contribution in [2.45, 2.75) is 71.9 Å². The minimum absolute atomic E-state index is 0.0908. The topological polar surface area (TPSA) is 61.4 Å². The van der Waals surface area contributed by atoms with Gasteiger partial charge in [-0.05, 0) is 45.4 Å². The maximum atomic E-state index is 11.8. The van der Waals surface area contributed by atoms with Crippen LogP contribution in [0.25, 0.3) is 0 Å². The highest BCUT2D eigenvalue weighted by Gasteiger charge is 2.23. The number of nitrogens with one attached hydrogen (secondary N) is 2. The van der Waals surface area contributed by atoms with Gasteiger partial charge in [0.2, 0.25) is 0 Å². The molecule has 0 aliphatic rings. The molecule has 3 N–H and O–H groups in total. The second-order valence-electron chi connectivity index (χ2n) is 5.86. The molecule has 0 spiro atoms. The van der Waals surface area contributed by atoms with Crippen LogP contribution in [0, 0.1) is 5.92 Å². The monoisotopic (exact) mass is 258 g/mol. The van der Waals surface area contributed by atoms with Crippen molar-refractivity contribution in [3.05, 3.63) is 0 Å². The van der Waals surface area contributed by atoms with Crippen molar-refractivity contribution in [3.63, 3.8) is 0 Å². The molecule has 0 aliphatic carbocycles. The Morgan fingerprint density at radius 1 is 1.28 bits per heavy atom. The molecule has 0 aliphatic heterocycles. The van der Waals surface area contributed by atoms with E-state index in [0.29, 0.717) is 12.3 Å². The zero-order valence-electron chi connectivity index (χ0n) is 12.5. The second kappa shape index (κ2) is 8.35. The lowest BCUT2D eigenvalue weighted by Gasteiger charge is -2.30. The largest absolute Gasteiger partial charge is 0.396 e. The van der Waals surface area contributed by atoms with Crippen LogP contribution in [-0.4, -0.2) is 29.3 Å². The smallest absolute Gasteiger partial charge is 0.315 e. The van der Waals surface area contributed by atoms with Crippen LogP contribution in [0.5, 0.6) is 0 Å².